The van der Waals surface area contributed by atoms with Crippen LogP contribution in [0, 0.1) is 0 Å². The Bertz CT molecular complexity index is 634. The van der Waals surface area contributed by atoms with Crippen LogP contribution in [0.5, 0.6) is 0 Å². The van der Waals surface area contributed by atoms with Crippen LogP contribution < -0.4 is 11.2 Å². The van der Waals surface area contributed by atoms with Crippen molar-refractivity contribution in [2.45, 2.75) is 24.5 Å². The summed E-state index contributed by atoms with van der Waals surface area (Å²) in [6.07, 6.45) is -3.54. The van der Waals surface area contributed by atoms with E-state index in [9.17, 15) is 14.7 Å². The van der Waals surface area contributed by atoms with Gasteiger partial charge in [0.2, 0.25) is 0 Å². The van der Waals surface area contributed by atoms with Crippen molar-refractivity contribution in [3.8, 4) is 0 Å². The minimum Gasteiger partial charge on any atom is -0.422 e. The fourth-order valence-corrected chi connectivity index (χ4v) is 1.91. The molecule has 11 heteroatoms. The van der Waals surface area contributed by atoms with E-state index in [1.165, 1.54) is 0 Å². The van der Waals surface area contributed by atoms with Gasteiger partial charge in [-0.25, -0.2) is 4.79 Å². The number of rotatable bonds is 4. The lowest BCUT2D eigenvalue weighted by atomic mass is 10.1. The Morgan fingerprint density at radius 2 is 2.35 bits per heavy atom. The Kier molecular flexibility index (Phi) is 4.05. The standard InChI is InChI=1S/C9H11N5O6/c10-12-13-20-7-6(17)4(3-15)19-8(7)14-2-1-5(16)11-9(14)18/h1-2,4,6-8,15,17H,3H2,(H,11,16,18)/t4-,6+,7-,8-/m1/s1. The van der Waals surface area contributed by atoms with Crippen molar-refractivity contribution in [2.75, 3.05) is 6.61 Å². The number of azide groups is 1. The second-order valence-corrected chi connectivity index (χ2v) is 4.00. The molecule has 1 aromatic heterocycles. The molecule has 2 heterocycles. The molecule has 2 rings (SSSR count). The first-order valence-electron chi connectivity index (χ1n) is 5.54. The Morgan fingerprint density at radius 3 is 2.95 bits per heavy atom. The maximum Gasteiger partial charge on any atom is 0.330 e. The summed E-state index contributed by atoms with van der Waals surface area (Å²) in [5.74, 6) is 0. The Labute approximate surface area is 110 Å². The van der Waals surface area contributed by atoms with Gasteiger partial charge < -0.3 is 19.8 Å². The number of hydrogen-bond donors (Lipinski definition) is 3. The van der Waals surface area contributed by atoms with Crippen LogP contribution in [0.15, 0.2) is 27.1 Å². The van der Waals surface area contributed by atoms with Gasteiger partial charge in [-0.05, 0) is 5.53 Å². The summed E-state index contributed by atoms with van der Waals surface area (Å²) in [4.78, 5) is 31.8. The van der Waals surface area contributed by atoms with E-state index in [2.05, 4.69) is 10.2 Å². The maximum absolute atomic E-state index is 11.7. The molecule has 4 atom stereocenters. The van der Waals surface area contributed by atoms with E-state index in [4.69, 9.17) is 20.2 Å². The van der Waals surface area contributed by atoms with Crippen LogP contribution >= 0.6 is 0 Å². The number of nitrogens with zero attached hydrogens (tertiary/aromatic N) is 4. The minimum atomic E-state index is -1.31. The summed E-state index contributed by atoms with van der Waals surface area (Å²) in [6.45, 7) is -0.522. The first-order valence-corrected chi connectivity index (χ1v) is 5.54. The van der Waals surface area contributed by atoms with Gasteiger partial charge in [-0.15, -0.1) is 0 Å². The molecule has 0 aromatic carbocycles. The van der Waals surface area contributed by atoms with Crippen LogP contribution in [0.25, 0.3) is 10.4 Å². The van der Waals surface area contributed by atoms with Crippen LogP contribution in [0.1, 0.15) is 6.23 Å². The van der Waals surface area contributed by atoms with Gasteiger partial charge in [-0.3, -0.25) is 14.3 Å². The molecular weight excluding hydrogens is 274 g/mol. The zero-order valence-electron chi connectivity index (χ0n) is 9.99. The Morgan fingerprint density at radius 1 is 1.60 bits per heavy atom. The largest absolute Gasteiger partial charge is 0.422 e. The normalized spacial score (nSPS) is 28.9. The van der Waals surface area contributed by atoms with E-state index < -0.39 is 42.4 Å². The molecule has 108 valence electrons. The van der Waals surface area contributed by atoms with E-state index in [-0.39, 0.29) is 0 Å². The highest BCUT2D eigenvalue weighted by Crippen LogP contribution is 2.30. The molecule has 11 nitrogen and oxygen atoms in total. The molecule has 1 aliphatic heterocycles. The first kappa shape index (κ1) is 14.1. The van der Waals surface area contributed by atoms with Gasteiger partial charge in [-0.2, -0.15) is 0 Å². The van der Waals surface area contributed by atoms with E-state index in [1.54, 1.807) is 0 Å². The minimum absolute atomic E-state index is 0.522. The van der Waals surface area contributed by atoms with Gasteiger partial charge in [-0.1, -0.05) is 0 Å². The average Bonchev–Trinajstić information content (AvgIpc) is 2.73. The van der Waals surface area contributed by atoms with Crippen molar-refractivity contribution in [1.29, 1.82) is 0 Å². The molecule has 1 aromatic rings. The average molecular weight is 285 g/mol. The summed E-state index contributed by atoms with van der Waals surface area (Å²) in [5, 5.41) is 21.8. The van der Waals surface area contributed by atoms with Crippen molar-refractivity contribution in [2.24, 2.45) is 5.28 Å². The van der Waals surface area contributed by atoms with Gasteiger partial charge >= 0.3 is 5.69 Å². The van der Waals surface area contributed by atoms with Crippen molar-refractivity contribution in [1.82, 2.24) is 9.55 Å². The molecule has 0 bridgehead atoms. The monoisotopic (exact) mass is 285 g/mol. The van der Waals surface area contributed by atoms with E-state index >= 15 is 0 Å². The lowest BCUT2D eigenvalue weighted by Gasteiger charge is -2.19. The molecule has 0 amide bonds. The molecule has 0 spiro atoms. The molecular formula is C9H11N5O6. The molecule has 1 aliphatic rings. The van der Waals surface area contributed by atoms with Gasteiger partial charge in [0.25, 0.3) is 5.56 Å². The van der Waals surface area contributed by atoms with Gasteiger partial charge in [0.05, 0.1) is 6.61 Å². The second kappa shape index (κ2) is 5.75. The van der Waals surface area contributed by atoms with E-state index in [0.717, 1.165) is 16.8 Å². The molecule has 0 saturated carbocycles. The van der Waals surface area contributed by atoms with E-state index in [0.29, 0.717) is 0 Å². The van der Waals surface area contributed by atoms with Crippen LogP contribution in [-0.2, 0) is 9.57 Å². The molecule has 0 unspecified atom stereocenters. The van der Waals surface area contributed by atoms with Crippen molar-refractivity contribution < 1.29 is 19.8 Å². The highest BCUT2D eigenvalue weighted by atomic mass is 16.7. The van der Waals surface area contributed by atoms with E-state index in [1.807, 2.05) is 4.98 Å². The zero-order chi connectivity index (χ0) is 14.7. The predicted octanol–water partition coefficient (Wildman–Crippen LogP) is -1.60. The predicted molar refractivity (Wildman–Crippen MR) is 62.3 cm³/mol. The number of H-pyrrole nitrogens is 1. The fourth-order valence-electron chi connectivity index (χ4n) is 1.91. The fraction of sp³-hybridized carbons (Fsp3) is 0.556. The smallest absolute Gasteiger partial charge is 0.330 e. The molecule has 1 saturated heterocycles. The lowest BCUT2D eigenvalue weighted by Crippen LogP contribution is -2.38. The number of nitrogens with one attached hydrogen (secondary N) is 1. The Hall–Kier alpha value is -2.33. The lowest BCUT2D eigenvalue weighted by molar-refractivity contribution is -0.0750. The third-order valence-corrected chi connectivity index (χ3v) is 2.82. The summed E-state index contributed by atoms with van der Waals surface area (Å²) < 4.78 is 6.23. The number of aromatic nitrogens is 2. The maximum atomic E-state index is 11.7. The van der Waals surface area contributed by atoms with Crippen molar-refractivity contribution in [3.05, 3.63) is 43.5 Å². The summed E-state index contributed by atoms with van der Waals surface area (Å²) in [6, 6.07) is 1.08. The highest BCUT2D eigenvalue weighted by molar-refractivity contribution is 4.93. The summed E-state index contributed by atoms with van der Waals surface area (Å²) in [7, 11) is 0. The van der Waals surface area contributed by atoms with Crippen LogP contribution in [0.2, 0.25) is 0 Å². The number of ether oxygens (including phenoxy) is 1. The number of aliphatic hydroxyl groups is 2. The summed E-state index contributed by atoms with van der Waals surface area (Å²) in [5.41, 5.74) is 6.84. The van der Waals surface area contributed by atoms with Crippen LogP contribution in [-0.4, -0.2) is 44.7 Å². The quantitative estimate of drug-likeness (QED) is 0.261. The zero-order valence-corrected chi connectivity index (χ0v) is 9.99. The van der Waals surface area contributed by atoms with Crippen molar-refractivity contribution in [3.63, 3.8) is 0 Å². The third-order valence-electron chi connectivity index (χ3n) is 2.82. The van der Waals surface area contributed by atoms with Crippen LogP contribution in [0.3, 0.4) is 0 Å². The number of aromatic amines is 1. The van der Waals surface area contributed by atoms with Crippen LogP contribution in [0.4, 0.5) is 0 Å². The molecule has 0 radical (unpaired) electrons. The summed E-state index contributed by atoms with van der Waals surface area (Å²) >= 11 is 0. The Balaban J connectivity index is 2.38. The van der Waals surface area contributed by atoms with Gasteiger partial charge in [0.15, 0.2) is 12.3 Å². The number of hydrogen-bond acceptors (Lipinski definition) is 7. The van der Waals surface area contributed by atoms with Crippen molar-refractivity contribution >= 4 is 0 Å². The first-order chi connectivity index (χ1) is 9.58. The molecule has 3 N–H and O–H groups in total. The van der Waals surface area contributed by atoms with Gasteiger partial charge in [0.1, 0.15) is 17.5 Å². The second-order valence-electron chi connectivity index (χ2n) is 4.00. The molecule has 0 aliphatic carbocycles. The van der Waals surface area contributed by atoms with Gasteiger partial charge in [0, 0.05) is 17.2 Å². The topological polar surface area (TPSA) is 163 Å². The molecule has 1 fully saturated rings. The SMILES string of the molecule is [N-]=[N+]=NO[C@@H]1[C@@H](O)[C@@H](CO)O[C@H]1n1ccc(=O)[nH]c1=O. The third kappa shape index (κ3) is 2.51. The highest BCUT2D eigenvalue weighted by Gasteiger charge is 2.46. The molecule has 20 heavy (non-hydrogen) atoms. The number of aliphatic hydroxyl groups excluding tert-OH is 2.